The van der Waals surface area contributed by atoms with Crippen LogP contribution >= 0.6 is 15.9 Å². The topological polar surface area (TPSA) is 83.1 Å². The van der Waals surface area contributed by atoms with E-state index in [0.29, 0.717) is 33.0 Å². The Balaban J connectivity index is 1.76. The number of hydrogen-bond acceptors (Lipinski definition) is 6. The minimum Gasteiger partial charge on any atom is -0.493 e. The van der Waals surface area contributed by atoms with Gasteiger partial charge in [-0.25, -0.2) is 4.79 Å². The summed E-state index contributed by atoms with van der Waals surface area (Å²) in [5.74, 6) is 0.363. The van der Waals surface area contributed by atoms with Crippen LogP contribution in [0.3, 0.4) is 0 Å². The highest BCUT2D eigenvalue weighted by atomic mass is 79.9. The number of benzene rings is 3. The number of rotatable bonds is 7. The first-order chi connectivity index (χ1) is 15.4. The van der Waals surface area contributed by atoms with Crippen LogP contribution < -0.4 is 24.3 Å². The number of hydrogen-bond donors (Lipinski definition) is 1. The number of carbonyl (C=O) groups is 2. The predicted octanol–water partition coefficient (Wildman–Crippen LogP) is 5.25. The lowest BCUT2D eigenvalue weighted by molar-refractivity contribution is 0.0732. The van der Waals surface area contributed by atoms with Crippen LogP contribution in [0.2, 0.25) is 0 Å². The van der Waals surface area contributed by atoms with Crippen LogP contribution in [-0.4, -0.2) is 33.2 Å². The maximum Gasteiger partial charge on any atom is 0.344 e. The fourth-order valence-corrected chi connectivity index (χ4v) is 3.56. The number of anilines is 1. The third-order valence-electron chi connectivity index (χ3n) is 4.63. The molecule has 0 saturated heterocycles. The van der Waals surface area contributed by atoms with E-state index in [4.69, 9.17) is 18.9 Å². The van der Waals surface area contributed by atoms with Gasteiger partial charge in [0.2, 0.25) is 5.75 Å². The Morgan fingerprint density at radius 1 is 0.844 bits per heavy atom. The van der Waals surface area contributed by atoms with Gasteiger partial charge < -0.3 is 24.3 Å². The number of esters is 1. The van der Waals surface area contributed by atoms with Gasteiger partial charge in [0.1, 0.15) is 5.75 Å². The van der Waals surface area contributed by atoms with Gasteiger partial charge >= 0.3 is 5.97 Å². The molecule has 0 radical (unpaired) electrons. The SMILES string of the molecule is COc1cc(C(=O)Oc2ccc(C(=O)Nc3ccc(C)cc3)cc2)c(Br)c(OC)c1OC. The third kappa shape index (κ3) is 5.03. The standard InChI is InChI=1S/C24H22BrNO6/c1-14-5-9-16(10-6-14)26-23(27)15-7-11-17(12-8-15)32-24(28)18-13-19(29-2)21(30-3)22(31-4)20(18)25/h5-13H,1-4H3,(H,26,27). The number of carbonyl (C=O) groups excluding carboxylic acids is 2. The molecule has 0 aliphatic carbocycles. The second-order valence-electron chi connectivity index (χ2n) is 6.74. The van der Waals surface area contributed by atoms with Crippen molar-refractivity contribution >= 4 is 33.5 Å². The highest BCUT2D eigenvalue weighted by Crippen LogP contribution is 2.44. The minimum atomic E-state index is -0.631. The lowest BCUT2D eigenvalue weighted by Crippen LogP contribution is -2.13. The Morgan fingerprint density at radius 3 is 2.03 bits per heavy atom. The molecule has 0 aliphatic heterocycles. The molecule has 0 spiro atoms. The Hall–Kier alpha value is -3.52. The van der Waals surface area contributed by atoms with Crippen LogP contribution in [-0.2, 0) is 0 Å². The number of nitrogens with one attached hydrogen (secondary N) is 1. The number of methoxy groups -OCH3 is 3. The summed E-state index contributed by atoms with van der Waals surface area (Å²) >= 11 is 3.36. The molecular formula is C24H22BrNO6. The van der Waals surface area contributed by atoms with Gasteiger partial charge in [0.15, 0.2) is 11.5 Å². The minimum absolute atomic E-state index is 0.195. The molecule has 0 saturated carbocycles. The highest BCUT2D eigenvalue weighted by Gasteiger charge is 2.24. The second-order valence-corrected chi connectivity index (χ2v) is 7.53. The number of amides is 1. The van der Waals surface area contributed by atoms with Crippen LogP contribution in [0, 0.1) is 6.92 Å². The highest BCUT2D eigenvalue weighted by molar-refractivity contribution is 9.10. The first-order valence-electron chi connectivity index (χ1n) is 9.56. The molecule has 0 aromatic heterocycles. The molecule has 3 rings (SSSR count). The van der Waals surface area contributed by atoms with Crippen molar-refractivity contribution in [1.82, 2.24) is 0 Å². The van der Waals surface area contributed by atoms with Gasteiger partial charge in [-0.3, -0.25) is 4.79 Å². The first kappa shape index (κ1) is 23.1. The zero-order valence-electron chi connectivity index (χ0n) is 18.0. The monoisotopic (exact) mass is 499 g/mol. The maximum atomic E-state index is 12.8. The second kappa shape index (κ2) is 10.2. The Labute approximate surface area is 194 Å². The third-order valence-corrected chi connectivity index (χ3v) is 5.41. The number of aryl methyl sites for hydroxylation is 1. The Kier molecular flexibility index (Phi) is 7.37. The molecule has 0 atom stereocenters. The maximum absolute atomic E-state index is 12.8. The fourth-order valence-electron chi connectivity index (χ4n) is 2.95. The molecule has 8 heteroatoms. The predicted molar refractivity (Wildman–Crippen MR) is 124 cm³/mol. The van der Waals surface area contributed by atoms with Gasteiger partial charge in [-0.1, -0.05) is 17.7 Å². The molecular weight excluding hydrogens is 478 g/mol. The van der Waals surface area contributed by atoms with E-state index in [1.54, 1.807) is 24.3 Å². The van der Waals surface area contributed by atoms with E-state index < -0.39 is 5.97 Å². The van der Waals surface area contributed by atoms with E-state index in [1.165, 1.54) is 27.4 Å². The normalized spacial score (nSPS) is 10.3. The summed E-state index contributed by atoms with van der Waals surface area (Å²) in [6, 6.07) is 15.3. The van der Waals surface area contributed by atoms with Gasteiger partial charge in [-0.15, -0.1) is 0 Å². The lowest BCUT2D eigenvalue weighted by atomic mass is 10.1. The summed E-state index contributed by atoms with van der Waals surface area (Å²) in [5, 5.41) is 2.82. The number of halogens is 1. The van der Waals surface area contributed by atoms with Crippen LogP contribution in [0.1, 0.15) is 26.3 Å². The van der Waals surface area contributed by atoms with E-state index in [0.717, 1.165) is 5.56 Å². The zero-order valence-corrected chi connectivity index (χ0v) is 19.6. The molecule has 3 aromatic rings. The zero-order chi connectivity index (χ0) is 23.3. The largest absolute Gasteiger partial charge is 0.493 e. The van der Waals surface area contributed by atoms with Crippen LogP contribution in [0.4, 0.5) is 5.69 Å². The summed E-state index contributed by atoms with van der Waals surface area (Å²) in [4.78, 5) is 25.2. The Morgan fingerprint density at radius 2 is 1.47 bits per heavy atom. The smallest absolute Gasteiger partial charge is 0.344 e. The molecule has 1 N–H and O–H groups in total. The van der Waals surface area contributed by atoms with E-state index in [2.05, 4.69) is 21.2 Å². The average Bonchev–Trinajstić information content (AvgIpc) is 2.80. The van der Waals surface area contributed by atoms with Crippen molar-refractivity contribution in [2.75, 3.05) is 26.6 Å². The van der Waals surface area contributed by atoms with Gasteiger partial charge in [-0.05, 0) is 65.3 Å². The first-order valence-corrected chi connectivity index (χ1v) is 10.4. The molecule has 1 amide bonds. The molecule has 3 aromatic carbocycles. The summed E-state index contributed by atoms with van der Waals surface area (Å²) in [5.41, 5.74) is 2.43. The van der Waals surface area contributed by atoms with Crippen molar-refractivity contribution in [3.8, 4) is 23.0 Å². The molecule has 0 aliphatic rings. The van der Waals surface area contributed by atoms with Crippen LogP contribution in [0.25, 0.3) is 0 Å². The average molecular weight is 500 g/mol. The van der Waals surface area contributed by atoms with Crippen molar-refractivity contribution < 1.29 is 28.5 Å². The number of ether oxygens (including phenoxy) is 4. The van der Waals surface area contributed by atoms with Crippen LogP contribution in [0.5, 0.6) is 23.0 Å². The van der Waals surface area contributed by atoms with Crippen molar-refractivity contribution in [2.24, 2.45) is 0 Å². The van der Waals surface area contributed by atoms with Gasteiger partial charge in [-0.2, -0.15) is 0 Å². The van der Waals surface area contributed by atoms with E-state index in [9.17, 15) is 9.59 Å². The fraction of sp³-hybridized carbons (Fsp3) is 0.167. The molecule has 32 heavy (non-hydrogen) atoms. The molecule has 166 valence electrons. The molecule has 7 nitrogen and oxygen atoms in total. The molecule has 0 unspecified atom stereocenters. The van der Waals surface area contributed by atoms with Crippen molar-refractivity contribution in [2.45, 2.75) is 6.92 Å². The van der Waals surface area contributed by atoms with E-state index in [1.807, 2.05) is 31.2 Å². The lowest BCUT2D eigenvalue weighted by Gasteiger charge is -2.16. The van der Waals surface area contributed by atoms with Crippen molar-refractivity contribution in [3.63, 3.8) is 0 Å². The van der Waals surface area contributed by atoms with Gasteiger partial charge in [0.25, 0.3) is 5.91 Å². The van der Waals surface area contributed by atoms with Crippen molar-refractivity contribution in [3.05, 3.63) is 75.8 Å². The van der Waals surface area contributed by atoms with E-state index in [-0.39, 0.29) is 17.2 Å². The molecule has 0 fully saturated rings. The summed E-state index contributed by atoms with van der Waals surface area (Å²) < 4.78 is 21.8. The van der Waals surface area contributed by atoms with E-state index >= 15 is 0 Å². The summed E-state index contributed by atoms with van der Waals surface area (Å²) in [7, 11) is 4.39. The van der Waals surface area contributed by atoms with Gasteiger partial charge in [0.05, 0.1) is 31.4 Å². The van der Waals surface area contributed by atoms with Crippen molar-refractivity contribution in [1.29, 1.82) is 0 Å². The molecule has 0 heterocycles. The summed E-state index contributed by atoms with van der Waals surface area (Å²) in [6.45, 7) is 1.97. The Bertz CT molecular complexity index is 1130. The van der Waals surface area contributed by atoms with Crippen LogP contribution in [0.15, 0.2) is 59.1 Å². The summed E-state index contributed by atoms with van der Waals surface area (Å²) in [6.07, 6.45) is 0. The van der Waals surface area contributed by atoms with Gasteiger partial charge in [0, 0.05) is 11.3 Å². The quantitative estimate of drug-likeness (QED) is 0.352. The molecule has 0 bridgehead atoms.